The predicted octanol–water partition coefficient (Wildman–Crippen LogP) is 3.52. The summed E-state index contributed by atoms with van der Waals surface area (Å²) in [6.07, 6.45) is 2.03. The third-order valence-electron chi connectivity index (χ3n) is 6.66. The Bertz CT molecular complexity index is 1070. The fourth-order valence-corrected chi connectivity index (χ4v) is 4.85. The minimum atomic E-state index is -0.471. The van der Waals surface area contributed by atoms with Gasteiger partial charge < -0.3 is 14.4 Å². The first-order valence-corrected chi connectivity index (χ1v) is 11.5. The smallest absolute Gasteiger partial charge is 0.419 e. The van der Waals surface area contributed by atoms with Crippen LogP contribution in [-0.4, -0.2) is 55.8 Å². The molecule has 1 saturated heterocycles. The van der Waals surface area contributed by atoms with Gasteiger partial charge in [-0.05, 0) is 49.6 Å². The van der Waals surface area contributed by atoms with Crippen molar-refractivity contribution in [1.29, 1.82) is 0 Å². The lowest BCUT2D eigenvalue weighted by atomic mass is 9.97. The van der Waals surface area contributed by atoms with Crippen LogP contribution < -0.4 is 24.7 Å². The molecule has 5 rings (SSSR count). The van der Waals surface area contributed by atoms with Crippen molar-refractivity contribution in [1.82, 2.24) is 10.4 Å². The molecule has 8 heteroatoms. The van der Waals surface area contributed by atoms with Crippen LogP contribution in [0.1, 0.15) is 38.2 Å². The number of hydrogen-bond acceptors (Lipinski definition) is 6. The van der Waals surface area contributed by atoms with E-state index in [-0.39, 0.29) is 11.9 Å². The van der Waals surface area contributed by atoms with Crippen LogP contribution in [0.5, 0.6) is 11.5 Å². The van der Waals surface area contributed by atoms with Crippen molar-refractivity contribution in [3.8, 4) is 11.5 Å². The summed E-state index contributed by atoms with van der Waals surface area (Å²) in [4.78, 5) is 29.1. The summed E-state index contributed by atoms with van der Waals surface area (Å²) in [6, 6.07) is 13.6. The molecule has 2 aromatic carbocycles. The predicted molar refractivity (Wildman–Crippen MR) is 126 cm³/mol. The number of methoxy groups -OCH3 is 1. The molecule has 1 N–H and O–H groups in total. The number of rotatable bonds is 4. The highest BCUT2D eigenvalue weighted by atomic mass is 16.6. The van der Waals surface area contributed by atoms with Gasteiger partial charge in [-0.2, -0.15) is 0 Å². The number of ether oxygens (including phenoxy) is 2. The maximum Gasteiger partial charge on any atom is 0.419 e. The minimum absolute atomic E-state index is 0.0419. The number of anilines is 2. The van der Waals surface area contributed by atoms with Crippen molar-refractivity contribution in [2.45, 2.75) is 44.7 Å². The minimum Gasteiger partial charge on any atom is -0.497 e. The van der Waals surface area contributed by atoms with E-state index in [4.69, 9.17) is 9.47 Å². The Hall–Kier alpha value is -3.10. The molecule has 2 fully saturated rings. The molecule has 2 heterocycles. The zero-order valence-corrected chi connectivity index (χ0v) is 19.3. The van der Waals surface area contributed by atoms with E-state index in [1.165, 1.54) is 12.8 Å². The van der Waals surface area contributed by atoms with Crippen LogP contribution in [0.4, 0.5) is 16.2 Å². The van der Waals surface area contributed by atoms with E-state index < -0.39 is 6.09 Å². The molecular formula is C25H30N4O4. The Morgan fingerprint density at radius 1 is 1.03 bits per heavy atom. The number of nitrogens with one attached hydrogen (secondary N) is 1. The van der Waals surface area contributed by atoms with Gasteiger partial charge in [0.15, 0.2) is 0 Å². The third kappa shape index (κ3) is 4.28. The van der Waals surface area contributed by atoms with Crippen LogP contribution >= 0.6 is 0 Å². The van der Waals surface area contributed by atoms with Gasteiger partial charge in [-0.1, -0.05) is 12.1 Å². The lowest BCUT2D eigenvalue weighted by Crippen LogP contribution is -2.52. The van der Waals surface area contributed by atoms with Gasteiger partial charge in [0.2, 0.25) is 5.91 Å². The molecule has 2 atom stereocenters. The first-order valence-electron chi connectivity index (χ1n) is 11.5. The number of carbonyl (C=O) groups excluding carboxylic acids is 2. The molecule has 3 aliphatic rings. The number of amides is 2. The fraction of sp³-hybridized carbons (Fsp3) is 0.440. The third-order valence-corrected chi connectivity index (χ3v) is 6.66. The molecule has 1 aliphatic carbocycles. The van der Waals surface area contributed by atoms with E-state index in [0.29, 0.717) is 35.7 Å². The van der Waals surface area contributed by atoms with E-state index in [1.54, 1.807) is 48.1 Å². The van der Waals surface area contributed by atoms with Gasteiger partial charge in [-0.15, -0.1) is 0 Å². The maximum atomic E-state index is 13.3. The molecular weight excluding hydrogens is 420 g/mol. The normalized spacial score (nSPS) is 22.8. The molecule has 0 bridgehead atoms. The first-order chi connectivity index (χ1) is 15.9. The Labute approximate surface area is 194 Å². The molecule has 1 saturated carbocycles. The fourth-order valence-electron chi connectivity index (χ4n) is 4.85. The topological polar surface area (TPSA) is 74.3 Å². The van der Waals surface area contributed by atoms with Crippen LogP contribution in [0.3, 0.4) is 0 Å². The van der Waals surface area contributed by atoms with Gasteiger partial charge in [0, 0.05) is 44.6 Å². The summed E-state index contributed by atoms with van der Waals surface area (Å²) in [5.41, 5.74) is 6.11. The number of hydrazine groups is 1. The first kappa shape index (κ1) is 21.7. The van der Waals surface area contributed by atoms with Crippen LogP contribution in [0.25, 0.3) is 0 Å². The molecule has 174 valence electrons. The Morgan fingerprint density at radius 3 is 2.55 bits per heavy atom. The highest BCUT2D eigenvalue weighted by Crippen LogP contribution is 2.40. The van der Waals surface area contributed by atoms with Gasteiger partial charge in [0.05, 0.1) is 24.5 Å². The summed E-state index contributed by atoms with van der Waals surface area (Å²) in [6.45, 7) is 5.68. The molecule has 0 radical (unpaired) electrons. The van der Waals surface area contributed by atoms with Crippen LogP contribution in [0.15, 0.2) is 42.5 Å². The quantitative estimate of drug-likeness (QED) is 0.768. The number of hydrogen-bond donors (Lipinski definition) is 1. The molecule has 33 heavy (non-hydrogen) atoms. The molecule has 2 amide bonds. The SMILES string of the molecule is COc1cccc(OC(=O)N2C[C@H](C)N(C(C)=O)c3ccc(C4CNN(C5CC5)C4)cc32)c1. The molecule has 0 spiro atoms. The van der Waals surface area contributed by atoms with Crippen molar-refractivity contribution in [3.05, 3.63) is 48.0 Å². The Balaban J connectivity index is 1.45. The monoisotopic (exact) mass is 450 g/mol. The average Bonchev–Trinajstić information content (AvgIpc) is 3.54. The molecule has 2 aliphatic heterocycles. The summed E-state index contributed by atoms with van der Waals surface area (Å²) < 4.78 is 10.9. The van der Waals surface area contributed by atoms with Gasteiger partial charge >= 0.3 is 6.09 Å². The zero-order valence-electron chi connectivity index (χ0n) is 19.3. The van der Waals surface area contributed by atoms with Crippen molar-refractivity contribution in [2.75, 3.05) is 36.5 Å². The maximum absolute atomic E-state index is 13.3. The summed E-state index contributed by atoms with van der Waals surface area (Å²) in [5.74, 6) is 1.32. The van der Waals surface area contributed by atoms with Crippen LogP contribution in [0, 0.1) is 0 Å². The highest BCUT2D eigenvalue weighted by Gasteiger charge is 2.38. The summed E-state index contributed by atoms with van der Waals surface area (Å²) in [5, 5.41) is 2.34. The highest BCUT2D eigenvalue weighted by molar-refractivity contribution is 6.02. The second-order valence-corrected chi connectivity index (χ2v) is 9.09. The lowest BCUT2D eigenvalue weighted by molar-refractivity contribution is -0.117. The van der Waals surface area contributed by atoms with Gasteiger partial charge in [-0.3, -0.25) is 15.1 Å². The summed E-state index contributed by atoms with van der Waals surface area (Å²) >= 11 is 0. The van der Waals surface area contributed by atoms with Crippen molar-refractivity contribution >= 4 is 23.4 Å². The molecule has 1 unspecified atom stereocenters. The van der Waals surface area contributed by atoms with Crippen molar-refractivity contribution in [3.63, 3.8) is 0 Å². The van der Waals surface area contributed by atoms with E-state index in [0.717, 1.165) is 24.3 Å². The second-order valence-electron chi connectivity index (χ2n) is 9.09. The molecule has 2 aromatic rings. The number of carbonyl (C=O) groups is 2. The van der Waals surface area contributed by atoms with E-state index in [2.05, 4.69) is 16.5 Å². The Kier molecular flexibility index (Phi) is 5.72. The Morgan fingerprint density at radius 2 is 1.82 bits per heavy atom. The van der Waals surface area contributed by atoms with Gasteiger partial charge in [0.1, 0.15) is 11.5 Å². The second kappa shape index (κ2) is 8.68. The van der Waals surface area contributed by atoms with Crippen LogP contribution in [-0.2, 0) is 4.79 Å². The lowest BCUT2D eigenvalue weighted by Gasteiger charge is -2.40. The average molecular weight is 451 g/mol. The molecule has 0 aromatic heterocycles. The van der Waals surface area contributed by atoms with E-state index in [1.807, 2.05) is 19.1 Å². The zero-order chi connectivity index (χ0) is 23.1. The standard InChI is InChI=1S/C25H30N4O4/c1-16-14-27(25(31)33-22-6-4-5-21(12-22)32-3)24-11-18(7-10-23(24)29(16)17(2)30)19-13-26-28(15-19)20-8-9-20/h4-7,10-12,16,19-20,26H,8-9,13-15H2,1-3H3/t16-,19?/m0/s1. The van der Waals surface area contributed by atoms with Gasteiger partial charge in [-0.25, -0.2) is 9.80 Å². The summed E-state index contributed by atoms with van der Waals surface area (Å²) in [7, 11) is 1.57. The van der Waals surface area contributed by atoms with E-state index in [9.17, 15) is 9.59 Å². The molecule has 8 nitrogen and oxygen atoms in total. The largest absolute Gasteiger partial charge is 0.497 e. The van der Waals surface area contributed by atoms with Crippen molar-refractivity contribution < 1.29 is 19.1 Å². The number of benzene rings is 2. The van der Waals surface area contributed by atoms with Crippen molar-refractivity contribution in [2.24, 2.45) is 0 Å². The number of nitrogens with zero attached hydrogens (tertiary/aromatic N) is 3. The van der Waals surface area contributed by atoms with E-state index >= 15 is 0 Å². The van der Waals surface area contributed by atoms with Crippen LogP contribution in [0.2, 0.25) is 0 Å². The number of fused-ring (bicyclic) bond motifs is 1. The van der Waals surface area contributed by atoms with Gasteiger partial charge in [0.25, 0.3) is 0 Å².